The lowest BCUT2D eigenvalue weighted by Gasteiger charge is -2.08. The van der Waals surface area contributed by atoms with Crippen molar-refractivity contribution in [1.82, 2.24) is 10.6 Å². The number of rotatable bonds is 8. The first-order chi connectivity index (χ1) is 11.6. The number of hydrogen-bond acceptors (Lipinski definition) is 3. The Morgan fingerprint density at radius 3 is 2.33 bits per heavy atom. The second-order valence-corrected chi connectivity index (χ2v) is 5.10. The van der Waals surface area contributed by atoms with Crippen LogP contribution in [0, 0.1) is 5.82 Å². The number of benzene rings is 2. The molecule has 0 unspecified atom stereocenters. The Hall–Kier alpha value is -2.89. The van der Waals surface area contributed by atoms with Crippen LogP contribution in [0.25, 0.3) is 0 Å². The maximum atomic E-state index is 12.8. The molecule has 6 heteroatoms. The third-order valence-electron chi connectivity index (χ3n) is 3.21. The predicted molar refractivity (Wildman–Crippen MR) is 88.1 cm³/mol. The van der Waals surface area contributed by atoms with Gasteiger partial charge < -0.3 is 15.4 Å². The van der Waals surface area contributed by atoms with Crippen molar-refractivity contribution in [1.29, 1.82) is 0 Å². The van der Waals surface area contributed by atoms with Gasteiger partial charge in [0, 0.05) is 6.54 Å². The van der Waals surface area contributed by atoms with Gasteiger partial charge in [-0.3, -0.25) is 9.59 Å². The quantitative estimate of drug-likeness (QED) is 0.774. The molecule has 2 aromatic carbocycles. The summed E-state index contributed by atoms with van der Waals surface area (Å²) in [6.45, 7) is 0.161. The minimum Gasteiger partial charge on any atom is -0.484 e. The molecule has 24 heavy (non-hydrogen) atoms. The molecule has 0 fully saturated rings. The van der Waals surface area contributed by atoms with Crippen LogP contribution >= 0.6 is 0 Å². The van der Waals surface area contributed by atoms with Gasteiger partial charge in [0.2, 0.25) is 5.91 Å². The summed E-state index contributed by atoms with van der Waals surface area (Å²) in [5.74, 6) is -0.350. The normalized spacial score (nSPS) is 10.0. The van der Waals surface area contributed by atoms with E-state index < -0.39 is 0 Å². The summed E-state index contributed by atoms with van der Waals surface area (Å²) in [5.41, 5.74) is 0.928. The molecule has 0 aliphatic heterocycles. The highest BCUT2D eigenvalue weighted by atomic mass is 19.1. The summed E-state index contributed by atoms with van der Waals surface area (Å²) in [6.07, 6.45) is 0.594. The van der Waals surface area contributed by atoms with Gasteiger partial charge in [-0.2, -0.15) is 0 Å². The summed E-state index contributed by atoms with van der Waals surface area (Å²) in [4.78, 5) is 23.2. The molecule has 0 radical (unpaired) electrons. The zero-order chi connectivity index (χ0) is 17.2. The van der Waals surface area contributed by atoms with Gasteiger partial charge in [0.1, 0.15) is 11.6 Å². The smallest absolute Gasteiger partial charge is 0.258 e. The van der Waals surface area contributed by atoms with E-state index in [9.17, 15) is 14.0 Å². The molecule has 0 spiro atoms. The Morgan fingerprint density at radius 2 is 1.62 bits per heavy atom. The molecule has 2 amide bonds. The van der Waals surface area contributed by atoms with Crippen molar-refractivity contribution < 1.29 is 18.7 Å². The lowest BCUT2D eigenvalue weighted by atomic mass is 10.1. The third-order valence-corrected chi connectivity index (χ3v) is 3.21. The fourth-order valence-corrected chi connectivity index (χ4v) is 1.96. The van der Waals surface area contributed by atoms with Gasteiger partial charge in [-0.1, -0.05) is 30.3 Å². The minimum atomic E-state index is -0.368. The van der Waals surface area contributed by atoms with Crippen molar-refractivity contribution in [2.45, 2.75) is 6.42 Å². The number of carbonyl (C=O) groups is 2. The Morgan fingerprint density at radius 1 is 0.917 bits per heavy atom. The van der Waals surface area contributed by atoms with Crippen molar-refractivity contribution in [2.75, 3.05) is 19.7 Å². The van der Waals surface area contributed by atoms with E-state index in [1.807, 2.05) is 18.2 Å². The highest BCUT2D eigenvalue weighted by Gasteiger charge is 2.06. The fraction of sp³-hybridized carbons (Fsp3) is 0.222. The number of hydrogen-bond donors (Lipinski definition) is 2. The molecule has 0 heterocycles. The van der Waals surface area contributed by atoms with E-state index in [2.05, 4.69) is 10.6 Å². The van der Waals surface area contributed by atoms with E-state index in [0.717, 1.165) is 5.56 Å². The van der Waals surface area contributed by atoms with Gasteiger partial charge in [0.05, 0.1) is 6.54 Å². The van der Waals surface area contributed by atoms with E-state index in [1.54, 1.807) is 24.3 Å². The Labute approximate surface area is 139 Å². The monoisotopic (exact) mass is 330 g/mol. The van der Waals surface area contributed by atoms with Crippen LogP contribution in [0.2, 0.25) is 0 Å². The lowest BCUT2D eigenvalue weighted by molar-refractivity contribution is -0.127. The number of ether oxygens (including phenoxy) is 1. The van der Waals surface area contributed by atoms with Gasteiger partial charge in [-0.15, -0.1) is 0 Å². The van der Waals surface area contributed by atoms with Crippen LogP contribution in [0.1, 0.15) is 5.56 Å². The second-order valence-electron chi connectivity index (χ2n) is 5.10. The van der Waals surface area contributed by atoms with E-state index in [0.29, 0.717) is 18.7 Å². The number of carbonyl (C=O) groups excluding carboxylic acids is 2. The molecule has 0 saturated heterocycles. The first-order valence-corrected chi connectivity index (χ1v) is 7.59. The molecule has 0 atom stereocenters. The summed E-state index contributed by atoms with van der Waals surface area (Å²) < 4.78 is 18.0. The average Bonchev–Trinajstić information content (AvgIpc) is 2.61. The van der Waals surface area contributed by atoms with Gasteiger partial charge in [-0.25, -0.2) is 4.39 Å². The molecular formula is C18H19FN2O3. The number of para-hydroxylation sites is 1. The van der Waals surface area contributed by atoms with Crippen LogP contribution in [-0.4, -0.2) is 31.5 Å². The fourth-order valence-electron chi connectivity index (χ4n) is 1.96. The van der Waals surface area contributed by atoms with E-state index >= 15 is 0 Å². The first-order valence-electron chi connectivity index (χ1n) is 7.59. The van der Waals surface area contributed by atoms with Crippen LogP contribution in [-0.2, 0) is 16.0 Å². The lowest BCUT2D eigenvalue weighted by Crippen LogP contribution is -2.39. The van der Waals surface area contributed by atoms with Crippen LogP contribution in [0.3, 0.4) is 0 Å². The van der Waals surface area contributed by atoms with Gasteiger partial charge in [0.25, 0.3) is 5.91 Å². The second kappa shape index (κ2) is 9.29. The molecule has 126 valence electrons. The largest absolute Gasteiger partial charge is 0.484 e. The number of amides is 2. The van der Waals surface area contributed by atoms with Gasteiger partial charge in [-0.05, 0) is 36.2 Å². The highest BCUT2D eigenvalue weighted by Crippen LogP contribution is 2.07. The number of nitrogens with one attached hydrogen (secondary N) is 2. The van der Waals surface area contributed by atoms with E-state index in [1.165, 1.54) is 12.1 Å². The predicted octanol–water partition coefficient (Wildman–Crippen LogP) is 1.68. The summed E-state index contributed by atoms with van der Waals surface area (Å²) >= 11 is 0. The summed E-state index contributed by atoms with van der Waals surface area (Å²) in [6, 6.07) is 15.1. The van der Waals surface area contributed by atoms with E-state index in [4.69, 9.17) is 4.74 Å². The van der Waals surface area contributed by atoms with Crippen molar-refractivity contribution in [3.8, 4) is 5.75 Å². The number of halogens is 1. The SMILES string of the molecule is O=C(CNC(=O)COc1ccccc1)NCCc1ccc(F)cc1. The van der Waals surface area contributed by atoms with Gasteiger partial charge >= 0.3 is 0 Å². The van der Waals surface area contributed by atoms with Crippen molar-refractivity contribution in [3.05, 3.63) is 66.0 Å². The first kappa shape index (κ1) is 17.5. The molecule has 0 aliphatic rings. The summed E-state index contributed by atoms with van der Waals surface area (Å²) in [7, 11) is 0. The molecule has 2 rings (SSSR count). The van der Waals surface area contributed by atoms with Crippen molar-refractivity contribution in [2.24, 2.45) is 0 Å². The molecule has 0 aromatic heterocycles. The molecule has 0 bridgehead atoms. The topological polar surface area (TPSA) is 67.4 Å². The maximum Gasteiger partial charge on any atom is 0.258 e. The van der Waals surface area contributed by atoms with Crippen LogP contribution in [0.15, 0.2) is 54.6 Å². The van der Waals surface area contributed by atoms with Crippen LogP contribution < -0.4 is 15.4 Å². The average molecular weight is 330 g/mol. The molecule has 2 aromatic rings. The van der Waals surface area contributed by atoms with Gasteiger partial charge in [0.15, 0.2) is 6.61 Å². The van der Waals surface area contributed by atoms with Crippen LogP contribution in [0.4, 0.5) is 4.39 Å². The molecule has 2 N–H and O–H groups in total. The standard InChI is InChI=1S/C18H19FN2O3/c19-15-8-6-14(7-9-15)10-11-20-17(22)12-21-18(23)13-24-16-4-2-1-3-5-16/h1-9H,10-13H2,(H,20,22)(H,21,23). The summed E-state index contributed by atoms with van der Waals surface area (Å²) in [5, 5.41) is 5.17. The molecule has 0 saturated carbocycles. The Kier molecular flexibility index (Phi) is 6.76. The van der Waals surface area contributed by atoms with Crippen LogP contribution in [0.5, 0.6) is 5.75 Å². The third kappa shape index (κ3) is 6.48. The van der Waals surface area contributed by atoms with E-state index in [-0.39, 0.29) is 30.8 Å². The zero-order valence-electron chi connectivity index (χ0n) is 13.1. The maximum absolute atomic E-state index is 12.8. The zero-order valence-corrected chi connectivity index (χ0v) is 13.1. The molecular weight excluding hydrogens is 311 g/mol. The van der Waals surface area contributed by atoms with Crippen molar-refractivity contribution >= 4 is 11.8 Å². The molecule has 0 aliphatic carbocycles. The van der Waals surface area contributed by atoms with Crippen molar-refractivity contribution in [3.63, 3.8) is 0 Å². The Balaban J connectivity index is 1.58. The minimum absolute atomic E-state index is 0.111. The molecule has 5 nitrogen and oxygen atoms in total. The Bertz CT molecular complexity index is 660. The highest BCUT2D eigenvalue weighted by molar-refractivity contribution is 5.85.